The third kappa shape index (κ3) is 3.75. The van der Waals surface area contributed by atoms with Gasteiger partial charge < -0.3 is 5.32 Å². The molecule has 0 saturated carbocycles. The Morgan fingerprint density at radius 1 is 0.903 bits per heavy atom. The van der Waals surface area contributed by atoms with E-state index in [1.165, 1.54) is 4.31 Å². The van der Waals surface area contributed by atoms with Gasteiger partial charge in [0.05, 0.1) is 11.7 Å². The molecule has 1 heterocycles. The summed E-state index contributed by atoms with van der Waals surface area (Å²) in [6.45, 7) is 3.84. The predicted molar refractivity (Wildman–Crippen MR) is 124 cm³/mol. The second-order valence-corrected chi connectivity index (χ2v) is 9.16. The number of fused-ring (bicyclic) bond motifs is 1. The molecule has 1 aliphatic rings. The molecule has 31 heavy (non-hydrogen) atoms. The lowest BCUT2D eigenvalue weighted by Crippen LogP contribution is -2.41. The van der Waals surface area contributed by atoms with Crippen molar-refractivity contribution in [3.8, 4) is 0 Å². The van der Waals surface area contributed by atoms with Crippen LogP contribution >= 0.6 is 0 Å². The van der Waals surface area contributed by atoms with Crippen molar-refractivity contribution in [1.29, 1.82) is 0 Å². The first-order chi connectivity index (χ1) is 14.9. The number of anilines is 1. The topological polar surface area (TPSA) is 66.5 Å². The molecule has 3 aromatic carbocycles. The smallest absolute Gasteiger partial charge is 0.270 e. The summed E-state index contributed by atoms with van der Waals surface area (Å²) in [5.41, 5.74) is 3.32. The van der Waals surface area contributed by atoms with Gasteiger partial charge in [-0.25, -0.2) is 8.42 Å². The molecule has 5 nitrogen and oxygen atoms in total. The minimum Gasteiger partial charge on any atom is -0.345 e. The van der Waals surface area contributed by atoms with Crippen LogP contribution in [0.5, 0.6) is 0 Å². The van der Waals surface area contributed by atoms with Gasteiger partial charge in [-0.2, -0.15) is 0 Å². The number of nitrogens with zero attached hydrogens (tertiary/aromatic N) is 1. The van der Waals surface area contributed by atoms with Crippen LogP contribution in [-0.4, -0.2) is 20.9 Å². The van der Waals surface area contributed by atoms with Crippen molar-refractivity contribution in [2.75, 3.05) is 10.8 Å². The lowest BCUT2D eigenvalue weighted by atomic mass is 9.95. The van der Waals surface area contributed by atoms with Crippen LogP contribution in [-0.2, 0) is 14.8 Å². The highest BCUT2D eigenvalue weighted by molar-refractivity contribution is 7.97. The summed E-state index contributed by atoms with van der Waals surface area (Å²) in [5.74, 6) is -0.608. The second-order valence-electron chi connectivity index (χ2n) is 7.36. The van der Waals surface area contributed by atoms with Crippen LogP contribution in [0.15, 0.2) is 89.8 Å². The monoisotopic (exact) mass is 432 g/mol. The Bertz CT molecular complexity index is 1240. The first kappa shape index (κ1) is 20.9. The average Bonchev–Trinajstić information content (AvgIpc) is 2.79. The molecule has 3 aromatic rings. The van der Waals surface area contributed by atoms with Crippen LogP contribution in [0.2, 0.25) is 0 Å². The molecule has 0 aliphatic carbocycles. The fourth-order valence-electron chi connectivity index (χ4n) is 3.94. The van der Waals surface area contributed by atoms with Gasteiger partial charge in [0.1, 0.15) is 0 Å². The number of hydrogen-bond donors (Lipinski definition) is 1. The average molecular weight is 433 g/mol. The summed E-state index contributed by atoms with van der Waals surface area (Å²) in [5, 5.41) is 2.89. The fourth-order valence-corrected chi connectivity index (χ4v) is 5.70. The zero-order valence-corrected chi connectivity index (χ0v) is 18.3. The maximum atomic E-state index is 13.7. The predicted octanol–water partition coefficient (Wildman–Crippen LogP) is 4.49. The molecule has 0 aromatic heterocycles. The van der Waals surface area contributed by atoms with E-state index < -0.39 is 15.9 Å². The van der Waals surface area contributed by atoms with Gasteiger partial charge in [0, 0.05) is 17.7 Å². The number of para-hydroxylation sites is 1. The Kier molecular flexibility index (Phi) is 5.65. The van der Waals surface area contributed by atoms with Crippen LogP contribution in [0.1, 0.15) is 36.6 Å². The number of benzene rings is 3. The standard InChI is InChI=1S/C25H24N2O3S/c1-3-27-22-17-11-10-16-21(22)23(20-14-8-5-9-15-20)24(31(27,29)30)25(28)26-18(2)19-12-6-4-7-13-19/h4-18H,3H2,1-2H3,(H,26,28)/t18-/m0/s1. The summed E-state index contributed by atoms with van der Waals surface area (Å²) in [6.07, 6.45) is 0. The zero-order chi connectivity index (χ0) is 22.0. The highest BCUT2D eigenvalue weighted by atomic mass is 32.2. The summed E-state index contributed by atoms with van der Waals surface area (Å²) < 4.78 is 28.6. The van der Waals surface area contributed by atoms with Gasteiger partial charge in [0.25, 0.3) is 15.9 Å². The molecule has 0 fully saturated rings. The minimum atomic E-state index is -4.05. The number of amides is 1. The normalized spacial score (nSPS) is 15.9. The highest BCUT2D eigenvalue weighted by Gasteiger charge is 2.40. The molecule has 1 amide bonds. The van der Waals surface area contributed by atoms with Crippen molar-refractivity contribution in [2.45, 2.75) is 19.9 Å². The van der Waals surface area contributed by atoms with Crippen molar-refractivity contribution in [3.05, 3.63) is 107 Å². The van der Waals surface area contributed by atoms with Gasteiger partial charge in [-0.05, 0) is 31.0 Å². The quantitative estimate of drug-likeness (QED) is 0.646. The lowest BCUT2D eigenvalue weighted by Gasteiger charge is -2.33. The largest absolute Gasteiger partial charge is 0.345 e. The molecular weight excluding hydrogens is 408 g/mol. The summed E-state index contributed by atoms with van der Waals surface area (Å²) in [7, 11) is -4.05. The Morgan fingerprint density at radius 2 is 1.48 bits per heavy atom. The Labute approximate surface area is 183 Å². The Hall–Kier alpha value is -3.38. The number of sulfonamides is 1. The fraction of sp³-hybridized carbons (Fsp3) is 0.160. The van der Waals surface area contributed by atoms with E-state index in [4.69, 9.17) is 0 Å². The van der Waals surface area contributed by atoms with Crippen molar-refractivity contribution in [3.63, 3.8) is 0 Å². The number of carbonyl (C=O) groups is 1. The molecule has 0 saturated heterocycles. The van der Waals surface area contributed by atoms with Gasteiger partial charge in [-0.3, -0.25) is 9.10 Å². The van der Waals surface area contributed by atoms with E-state index >= 15 is 0 Å². The molecular formula is C25H24N2O3S. The van der Waals surface area contributed by atoms with E-state index in [9.17, 15) is 13.2 Å². The maximum Gasteiger partial charge on any atom is 0.270 e. The van der Waals surface area contributed by atoms with Gasteiger partial charge in [0.15, 0.2) is 4.91 Å². The molecule has 0 unspecified atom stereocenters. The third-order valence-corrected chi connectivity index (χ3v) is 7.36. The summed E-state index contributed by atoms with van der Waals surface area (Å²) in [4.78, 5) is 13.3. The Morgan fingerprint density at radius 3 is 2.13 bits per heavy atom. The summed E-state index contributed by atoms with van der Waals surface area (Å²) >= 11 is 0. The lowest BCUT2D eigenvalue weighted by molar-refractivity contribution is -0.117. The number of rotatable bonds is 5. The third-order valence-electron chi connectivity index (χ3n) is 5.42. The van der Waals surface area contributed by atoms with Crippen molar-refractivity contribution in [2.24, 2.45) is 0 Å². The molecule has 1 N–H and O–H groups in total. The van der Waals surface area contributed by atoms with Gasteiger partial charge >= 0.3 is 0 Å². The maximum absolute atomic E-state index is 13.7. The van der Waals surface area contributed by atoms with Crippen molar-refractivity contribution in [1.82, 2.24) is 5.32 Å². The van der Waals surface area contributed by atoms with Crippen LogP contribution in [0.25, 0.3) is 5.57 Å². The molecule has 6 heteroatoms. The minimum absolute atomic E-state index is 0.220. The first-order valence-electron chi connectivity index (χ1n) is 10.2. The van der Waals surface area contributed by atoms with Crippen molar-refractivity contribution < 1.29 is 13.2 Å². The van der Waals surface area contributed by atoms with Crippen molar-refractivity contribution >= 4 is 27.2 Å². The van der Waals surface area contributed by atoms with Gasteiger partial charge in [-0.15, -0.1) is 0 Å². The number of hydrogen-bond acceptors (Lipinski definition) is 3. The molecule has 4 rings (SSSR count). The molecule has 1 atom stereocenters. The van der Waals surface area contributed by atoms with E-state index in [0.717, 1.165) is 11.1 Å². The zero-order valence-electron chi connectivity index (χ0n) is 17.4. The van der Waals surface area contributed by atoms with E-state index in [1.54, 1.807) is 13.0 Å². The SMILES string of the molecule is CCN1c2ccccc2C(c2ccccc2)=C(C(=O)N[C@@H](C)c2ccccc2)S1(=O)=O. The van der Waals surface area contributed by atoms with Gasteiger partial charge in [0.2, 0.25) is 0 Å². The molecule has 0 bridgehead atoms. The highest BCUT2D eigenvalue weighted by Crippen LogP contribution is 2.42. The van der Waals surface area contributed by atoms with E-state index in [2.05, 4.69) is 5.32 Å². The number of nitrogens with one attached hydrogen (secondary N) is 1. The first-order valence-corrected chi connectivity index (χ1v) is 11.7. The molecule has 158 valence electrons. The summed E-state index contributed by atoms with van der Waals surface area (Å²) in [6, 6.07) is 25.6. The molecule has 0 radical (unpaired) electrons. The number of carbonyl (C=O) groups excluding carboxylic acids is 1. The Balaban J connectivity index is 1.92. The van der Waals surface area contributed by atoms with Crippen LogP contribution in [0.4, 0.5) is 5.69 Å². The van der Waals surface area contributed by atoms with Gasteiger partial charge in [-0.1, -0.05) is 78.9 Å². The molecule has 1 aliphatic heterocycles. The van der Waals surface area contributed by atoms with Crippen LogP contribution in [0, 0.1) is 0 Å². The second kappa shape index (κ2) is 8.40. The van der Waals surface area contributed by atoms with E-state index in [1.807, 2.05) is 85.8 Å². The van der Waals surface area contributed by atoms with Crippen LogP contribution < -0.4 is 9.62 Å². The van der Waals surface area contributed by atoms with Crippen LogP contribution in [0.3, 0.4) is 0 Å². The van der Waals surface area contributed by atoms with E-state index in [-0.39, 0.29) is 17.5 Å². The van der Waals surface area contributed by atoms with E-state index in [0.29, 0.717) is 16.8 Å². The molecule has 0 spiro atoms.